The van der Waals surface area contributed by atoms with Crippen LogP contribution in [0.25, 0.3) is 6.08 Å². The number of methoxy groups -OCH3 is 2. The SMILES string of the molecule is COC(=O)c1cc2c(c(C(=O)OC)c1)CCC(C)=C2. The van der Waals surface area contributed by atoms with Crippen molar-refractivity contribution in [2.75, 3.05) is 14.2 Å². The van der Waals surface area contributed by atoms with Gasteiger partial charge in [0.1, 0.15) is 0 Å². The Balaban J connectivity index is 2.62. The quantitative estimate of drug-likeness (QED) is 0.767. The highest BCUT2D eigenvalue weighted by Gasteiger charge is 2.21. The summed E-state index contributed by atoms with van der Waals surface area (Å²) >= 11 is 0. The third-order valence-electron chi connectivity index (χ3n) is 3.28. The molecule has 0 atom stereocenters. The van der Waals surface area contributed by atoms with Crippen LogP contribution in [0.5, 0.6) is 0 Å². The second kappa shape index (κ2) is 5.26. The number of fused-ring (bicyclic) bond motifs is 1. The third kappa shape index (κ3) is 2.52. The smallest absolute Gasteiger partial charge is 0.338 e. The zero-order chi connectivity index (χ0) is 14.0. The normalized spacial score (nSPS) is 13.3. The minimum absolute atomic E-state index is 0.368. The van der Waals surface area contributed by atoms with E-state index >= 15 is 0 Å². The summed E-state index contributed by atoms with van der Waals surface area (Å²) in [7, 11) is 2.66. The number of carbonyl (C=O) groups is 2. The van der Waals surface area contributed by atoms with Crippen molar-refractivity contribution in [2.45, 2.75) is 19.8 Å². The molecule has 0 saturated heterocycles. The number of benzene rings is 1. The van der Waals surface area contributed by atoms with Crippen molar-refractivity contribution in [2.24, 2.45) is 0 Å². The molecule has 0 N–H and O–H groups in total. The summed E-state index contributed by atoms with van der Waals surface area (Å²) in [5.74, 6) is -0.875. The van der Waals surface area contributed by atoms with Crippen molar-refractivity contribution in [3.63, 3.8) is 0 Å². The molecular weight excluding hydrogens is 244 g/mol. The maximum Gasteiger partial charge on any atom is 0.338 e. The third-order valence-corrected chi connectivity index (χ3v) is 3.28. The van der Waals surface area contributed by atoms with Crippen molar-refractivity contribution >= 4 is 18.0 Å². The first-order valence-corrected chi connectivity index (χ1v) is 6.07. The summed E-state index contributed by atoms with van der Waals surface area (Å²) in [6, 6.07) is 3.31. The van der Waals surface area contributed by atoms with Crippen LogP contribution in [0.15, 0.2) is 17.7 Å². The van der Waals surface area contributed by atoms with E-state index in [2.05, 4.69) is 0 Å². The Morgan fingerprint density at radius 3 is 2.37 bits per heavy atom. The van der Waals surface area contributed by atoms with E-state index in [1.165, 1.54) is 19.8 Å². The fraction of sp³-hybridized carbons (Fsp3) is 0.333. The molecule has 0 unspecified atom stereocenters. The predicted molar refractivity (Wildman–Crippen MR) is 71.1 cm³/mol. The number of ether oxygens (including phenoxy) is 2. The number of rotatable bonds is 2. The summed E-state index contributed by atoms with van der Waals surface area (Å²) < 4.78 is 9.50. The maximum absolute atomic E-state index is 11.8. The first-order chi connectivity index (χ1) is 9.06. The van der Waals surface area contributed by atoms with Gasteiger partial charge >= 0.3 is 11.9 Å². The molecule has 0 aromatic heterocycles. The van der Waals surface area contributed by atoms with E-state index in [0.29, 0.717) is 11.1 Å². The Morgan fingerprint density at radius 2 is 1.74 bits per heavy atom. The van der Waals surface area contributed by atoms with Gasteiger partial charge in [-0.15, -0.1) is 0 Å². The number of hydrogen-bond donors (Lipinski definition) is 0. The molecule has 4 heteroatoms. The molecule has 0 fully saturated rings. The first kappa shape index (κ1) is 13.3. The Morgan fingerprint density at radius 1 is 1.05 bits per heavy atom. The Kier molecular flexibility index (Phi) is 3.69. The molecule has 0 aliphatic heterocycles. The average Bonchev–Trinajstić information content (AvgIpc) is 2.43. The Bertz CT molecular complexity index is 570. The van der Waals surface area contributed by atoms with Crippen LogP contribution in [0.3, 0.4) is 0 Å². The summed E-state index contributed by atoms with van der Waals surface area (Å²) in [6.45, 7) is 2.03. The van der Waals surface area contributed by atoms with Crippen molar-refractivity contribution in [3.8, 4) is 0 Å². The van der Waals surface area contributed by atoms with Crippen molar-refractivity contribution in [3.05, 3.63) is 40.0 Å². The van der Waals surface area contributed by atoms with E-state index in [4.69, 9.17) is 9.47 Å². The van der Waals surface area contributed by atoms with Crippen molar-refractivity contribution < 1.29 is 19.1 Å². The second-order valence-electron chi connectivity index (χ2n) is 4.57. The molecule has 100 valence electrons. The minimum Gasteiger partial charge on any atom is -0.465 e. The first-order valence-electron chi connectivity index (χ1n) is 6.07. The molecule has 0 heterocycles. The standard InChI is InChI=1S/C15H16O4/c1-9-4-5-12-10(6-9)7-11(14(16)18-2)8-13(12)15(17)19-3/h6-8H,4-5H2,1-3H3. The number of hydrogen-bond acceptors (Lipinski definition) is 4. The van der Waals surface area contributed by atoms with E-state index in [-0.39, 0.29) is 0 Å². The summed E-state index contributed by atoms with van der Waals surface area (Å²) in [5.41, 5.74) is 3.87. The Labute approximate surface area is 112 Å². The second-order valence-corrected chi connectivity index (χ2v) is 4.57. The van der Waals surface area contributed by atoms with Gasteiger partial charge in [0, 0.05) is 0 Å². The van der Waals surface area contributed by atoms with Gasteiger partial charge in [-0.3, -0.25) is 0 Å². The molecule has 0 amide bonds. The number of carbonyl (C=O) groups excluding carboxylic acids is 2. The highest BCUT2D eigenvalue weighted by atomic mass is 16.5. The molecular formula is C15H16O4. The lowest BCUT2D eigenvalue weighted by Crippen LogP contribution is -2.13. The van der Waals surface area contributed by atoms with Crippen LogP contribution in [0.2, 0.25) is 0 Å². The van der Waals surface area contributed by atoms with E-state index in [9.17, 15) is 9.59 Å². The van der Waals surface area contributed by atoms with Gasteiger partial charge in [-0.2, -0.15) is 0 Å². The van der Waals surface area contributed by atoms with Crippen LogP contribution >= 0.6 is 0 Å². The van der Waals surface area contributed by atoms with Gasteiger partial charge in [-0.25, -0.2) is 9.59 Å². The largest absolute Gasteiger partial charge is 0.465 e. The molecule has 0 radical (unpaired) electrons. The lowest BCUT2D eigenvalue weighted by Gasteiger charge is -2.18. The van der Waals surface area contributed by atoms with Gasteiger partial charge in [-0.1, -0.05) is 11.6 Å². The van der Waals surface area contributed by atoms with Gasteiger partial charge in [0.05, 0.1) is 25.3 Å². The summed E-state index contributed by atoms with van der Waals surface area (Å²) in [6.07, 6.45) is 3.69. The maximum atomic E-state index is 11.8. The lowest BCUT2D eigenvalue weighted by molar-refractivity contribution is 0.0598. The van der Waals surface area contributed by atoms with Crippen molar-refractivity contribution in [1.29, 1.82) is 0 Å². The van der Waals surface area contributed by atoms with Crippen LogP contribution in [-0.2, 0) is 15.9 Å². The van der Waals surface area contributed by atoms with Gasteiger partial charge < -0.3 is 9.47 Å². The number of esters is 2. The van der Waals surface area contributed by atoms with E-state index < -0.39 is 11.9 Å². The van der Waals surface area contributed by atoms with E-state index in [1.54, 1.807) is 12.1 Å². The van der Waals surface area contributed by atoms with Crippen LogP contribution < -0.4 is 0 Å². The molecule has 4 nitrogen and oxygen atoms in total. The lowest BCUT2D eigenvalue weighted by atomic mass is 9.88. The van der Waals surface area contributed by atoms with Crippen LogP contribution in [0.4, 0.5) is 0 Å². The Hall–Kier alpha value is -2.10. The molecule has 0 saturated carbocycles. The van der Waals surface area contributed by atoms with Gasteiger partial charge in [-0.05, 0) is 43.0 Å². The van der Waals surface area contributed by atoms with Crippen LogP contribution in [0.1, 0.15) is 45.2 Å². The van der Waals surface area contributed by atoms with Crippen LogP contribution in [0, 0.1) is 0 Å². The molecule has 19 heavy (non-hydrogen) atoms. The van der Waals surface area contributed by atoms with Crippen LogP contribution in [-0.4, -0.2) is 26.2 Å². The number of allylic oxidation sites excluding steroid dienone is 1. The predicted octanol–water partition coefficient (Wildman–Crippen LogP) is 2.61. The fourth-order valence-corrected chi connectivity index (χ4v) is 2.29. The van der Waals surface area contributed by atoms with Gasteiger partial charge in [0.2, 0.25) is 0 Å². The summed E-state index contributed by atoms with van der Waals surface area (Å²) in [5, 5.41) is 0. The van der Waals surface area contributed by atoms with Gasteiger partial charge in [0.25, 0.3) is 0 Å². The fourth-order valence-electron chi connectivity index (χ4n) is 2.29. The zero-order valence-corrected chi connectivity index (χ0v) is 11.3. The zero-order valence-electron chi connectivity index (χ0n) is 11.3. The molecule has 1 aromatic carbocycles. The van der Waals surface area contributed by atoms with Crippen molar-refractivity contribution in [1.82, 2.24) is 0 Å². The molecule has 1 aliphatic rings. The molecule has 1 aromatic rings. The molecule has 0 bridgehead atoms. The average molecular weight is 260 g/mol. The highest BCUT2D eigenvalue weighted by Crippen LogP contribution is 2.28. The van der Waals surface area contributed by atoms with E-state index in [0.717, 1.165) is 24.0 Å². The molecule has 0 spiro atoms. The van der Waals surface area contributed by atoms with E-state index in [1.807, 2.05) is 13.0 Å². The van der Waals surface area contributed by atoms with Gasteiger partial charge in [0.15, 0.2) is 0 Å². The monoisotopic (exact) mass is 260 g/mol. The molecule has 1 aliphatic carbocycles. The minimum atomic E-state index is -0.454. The molecule has 2 rings (SSSR count). The summed E-state index contributed by atoms with van der Waals surface area (Å²) in [4.78, 5) is 23.5. The topological polar surface area (TPSA) is 52.6 Å². The highest BCUT2D eigenvalue weighted by molar-refractivity contribution is 5.98.